The predicted molar refractivity (Wildman–Crippen MR) is 85.9 cm³/mol. The molecule has 22 heavy (non-hydrogen) atoms. The van der Waals surface area contributed by atoms with E-state index in [4.69, 9.17) is 0 Å². The van der Waals surface area contributed by atoms with E-state index in [-0.39, 0.29) is 6.04 Å². The van der Waals surface area contributed by atoms with Crippen LogP contribution >= 0.6 is 0 Å². The third-order valence-electron chi connectivity index (χ3n) is 4.58. The van der Waals surface area contributed by atoms with E-state index in [1.165, 1.54) is 31.3 Å². The first-order valence-corrected chi connectivity index (χ1v) is 8.44. The molecule has 1 atom stereocenters. The van der Waals surface area contributed by atoms with E-state index in [1.807, 2.05) is 0 Å². The van der Waals surface area contributed by atoms with Crippen molar-refractivity contribution in [2.45, 2.75) is 76.7 Å². The molecule has 0 aromatic rings. The van der Waals surface area contributed by atoms with E-state index >= 15 is 0 Å². The molecule has 0 fully saturated rings. The van der Waals surface area contributed by atoms with Crippen molar-refractivity contribution in [3.05, 3.63) is 22.9 Å². The van der Waals surface area contributed by atoms with E-state index in [9.17, 15) is 9.59 Å². The Balaban J connectivity index is 2.45. The van der Waals surface area contributed by atoms with Gasteiger partial charge in [0, 0.05) is 0 Å². The summed E-state index contributed by atoms with van der Waals surface area (Å²) in [6, 6.07) is -0.333. The molecule has 4 nitrogen and oxygen atoms in total. The molecular weight excluding hydrogens is 276 g/mol. The van der Waals surface area contributed by atoms with Crippen molar-refractivity contribution in [3.63, 3.8) is 0 Å². The molecule has 0 aromatic carbocycles. The zero-order valence-corrected chi connectivity index (χ0v) is 13.1. The molecule has 4 heteroatoms. The summed E-state index contributed by atoms with van der Waals surface area (Å²) in [4.78, 5) is 29.5. The maximum Gasteiger partial charge on any atom is 0.240 e. The highest BCUT2D eigenvalue weighted by Gasteiger charge is 2.22. The van der Waals surface area contributed by atoms with Crippen LogP contribution in [0.25, 0.3) is 0 Å². The summed E-state index contributed by atoms with van der Waals surface area (Å²) in [7, 11) is 0. The predicted octanol–water partition coefficient (Wildman–Crippen LogP) is 4.53. The highest BCUT2D eigenvalue weighted by Crippen LogP contribution is 2.34. The molecule has 1 unspecified atom stereocenters. The average Bonchev–Trinajstić information content (AvgIpc) is 2.47. The number of nitrogens with zero attached hydrogens (tertiary/aromatic N) is 2. The Kier molecular flexibility index (Phi) is 7.02. The van der Waals surface area contributed by atoms with Crippen LogP contribution in [0, 0.1) is 0 Å². The summed E-state index contributed by atoms with van der Waals surface area (Å²) in [6.45, 7) is 0. The first kappa shape index (κ1) is 16.6. The normalized spacial score (nSPS) is 27.1. The number of hydrogen-bond donors (Lipinski definition) is 0. The summed E-state index contributed by atoms with van der Waals surface area (Å²) < 4.78 is 0. The number of rotatable bonds is 3. The van der Waals surface area contributed by atoms with E-state index < -0.39 is 0 Å². The van der Waals surface area contributed by atoms with Crippen molar-refractivity contribution < 1.29 is 9.59 Å². The lowest BCUT2D eigenvalue weighted by atomic mass is 9.86. The lowest BCUT2D eigenvalue weighted by Gasteiger charge is -2.22. The van der Waals surface area contributed by atoms with Crippen molar-refractivity contribution in [2.75, 3.05) is 0 Å². The van der Waals surface area contributed by atoms with Crippen LogP contribution in [0.2, 0.25) is 0 Å². The summed E-state index contributed by atoms with van der Waals surface area (Å²) in [5.41, 5.74) is 3.10. The maximum atomic E-state index is 10.9. The van der Waals surface area contributed by atoms with E-state index in [1.54, 1.807) is 12.2 Å². The largest absolute Gasteiger partial charge is 0.240 e. The molecule has 0 saturated heterocycles. The average molecular weight is 300 g/mol. The van der Waals surface area contributed by atoms with Crippen LogP contribution in [0.15, 0.2) is 32.9 Å². The molecule has 118 valence electrons. The molecule has 2 aliphatic carbocycles. The standard InChI is InChI=1S/C18H24N2O2/c21-13-19-17-12-8-4-7-11-16(18(17)20-14-22)15-9-5-2-1-3-6-10-15/h9,17H,1-8,10-12H2/b15-9?,18-16-. The molecule has 0 aromatic heterocycles. The Labute approximate surface area is 132 Å². The summed E-state index contributed by atoms with van der Waals surface area (Å²) in [6.07, 6.45) is 17.6. The van der Waals surface area contributed by atoms with E-state index in [0.717, 1.165) is 50.5 Å². The van der Waals surface area contributed by atoms with Gasteiger partial charge in [0.2, 0.25) is 12.2 Å². The molecule has 0 bridgehead atoms. The quantitative estimate of drug-likeness (QED) is 0.568. The van der Waals surface area contributed by atoms with Gasteiger partial charge in [-0.3, -0.25) is 0 Å². The minimum Gasteiger partial charge on any atom is -0.211 e. The second-order valence-electron chi connectivity index (χ2n) is 6.08. The molecule has 0 amide bonds. The molecule has 0 saturated carbocycles. The fourth-order valence-electron chi connectivity index (χ4n) is 3.45. The SMILES string of the molecule is O=C=N/C1=C(\C2=CCCCCCC2)CCCCCC1N=C=O. The van der Waals surface area contributed by atoms with E-state index in [0.29, 0.717) is 5.70 Å². The molecule has 0 spiro atoms. The number of isocyanates is 2. The van der Waals surface area contributed by atoms with Crippen molar-refractivity contribution in [1.82, 2.24) is 0 Å². The zero-order valence-electron chi connectivity index (χ0n) is 13.1. The van der Waals surface area contributed by atoms with Gasteiger partial charge in [0.25, 0.3) is 0 Å². The highest BCUT2D eigenvalue weighted by atomic mass is 16.1. The fourth-order valence-corrected chi connectivity index (χ4v) is 3.45. The van der Waals surface area contributed by atoms with Crippen molar-refractivity contribution >= 4 is 12.2 Å². The minimum absolute atomic E-state index is 0.333. The van der Waals surface area contributed by atoms with Crippen LogP contribution in [0.1, 0.15) is 70.6 Å². The monoisotopic (exact) mass is 300 g/mol. The lowest BCUT2D eigenvalue weighted by Crippen LogP contribution is -2.13. The number of aliphatic imine (C=N–C) groups is 2. The van der Waals surface area contributed by atoms with Crippen LogP contribution in [0.3, 0.4) is 0 Å². The first-order chi connectivity index (χ1) is 10.9. The third kappa shape index (κ3) is 4.62. The molecular formula is C18H24N2O2. The van der Waals surface area contributed by atoms with Gasteiger partial charge >= 0.3 is 0 Å². The van der Waals surface area contributed by atoms with Crippen LogP contribution in [0.4, 0.5) is 0 Å². The van der Waals surface area contributed by atoms with Crippen molar-refractivity contribution in [1.29, 1.82) is 0 Å². The topological polar surface area (TPSA) is 58.9 Å². The smallest absolute Gasteiger partial charge is 0.211 e. The number of hydrogen-bond acceptors (Lipinski definition) is 4. The Morgan fingerprint density at radius 1 is 0.909 bits per heavy atom. The van der Waals surface area contributed by atoms with Crippen LogP contribution in [-0.4, -0.2) is 18.2 Å². The molecule has 0 N–H and O–H groups in total. The Morgan fingerprint density at radius 2 is 1.68 bits per heavy atom. The Hall–Kier alpha value is -1.76. The Morgan fingerprint density at radius 3 is 2.50 bits per heavy atom. The van der Waals surface area contributed by atoms with Gasteiger partial charge in [-0.05, 0) is 56.1 Å². The maximum absolute atomic E-state index is 10.9. The van der Waals surface area contributed by atoms with Gasteiger partial charge in [-0.1, -0.05) is 31.8 Å². The second kappa shape index (κ2) is 9.30. The summed E-state index contributed by atoms with van der Waals surface area (Å²) >= 11 is 0. The van der Waals surface area contributed by atoms with Gasteiger partial charge in [0.15, 0.2) is 0 Å². The molecule has 0 heterocycles. The lowest BCUT2D eigenvalue weighted by molar-refractivity contribution is 0.534. The molecule has 0 aliphatic heterocycles. The van der Waals surface area contributed by atoms with Crippen LogP contribution in [0.5, 0.6) is 0 Å². The first-order valence-electron chi connectivity index (χ1n) is 8.44. The number of allylic oxidation sites excluding steroid dienone is 3. The van der Waals surface area contributed by atoms with Crippen LogP contribution < -0.4 is 0 Å². The van der Waals surface area contributed by atoms with Crippen LogP contribution in [-0.2, 0) is 9.59 Å². The summed E-state index contributed by atoms with van der Waals surface area (Å²) in [5.74, 6) is 0. The molecule has 0 radical (unpaired) electrons. The third-order valence-corrected chi connectivity index (χ3v) is 4.58. The fraction of sp³-hybridized carbons (Fsp3) is 0.667. The Bertz CT molecular complexity index is 535. The zero-order chi connectivity index (χ0) is 15.6. The van der Waals surface area contributed by atoms with Gasteiger partial charge in [-0.2, -0.15) is 9.98 Å². The van der Waals surface area contributed by atoms with Gasteiger partial charge in [-0.25, -0.2) is 9.59 Å². The molecule has 2 aliphatic rings. The van der Waals surface area contributed by atoms with Gasteiger partial charge in [0.1, 0.15) is 6.04 Å². The van der Waals surface area contributed by atoms with Crippen molar-refractivity contribution in [3.8, 4) is 0 Å². The summed E-state index contributed by atoms with van der Waals surface area (Å²) in [5, 5.41) is 0. The van der Waals surface area contributed by atoms with Gasteiger partial charge in [-0.15, -0.1) is 0 Å². The minimum atomic E-state index is -0.333. The second-order valence-corrected chi connectivity index (χ2v) is 6.08. The van der Waals surface area contributed by atoms with Crippen molar-refractivity contribution in [2.24, 2.45) is 9.98 Å². The highest BCUT2D eigenvalue weighted by molar-refractivity contribution is 5.46. The van der Waals surface area contributed by atoms with Gasteiger partial charge in [0.05, 0.1) is 5.70 Å². The molecule has 2 rings (SSSR count). The van der Waals surface area contributed by atoms with Gasteiger partial charge < -0.3 is 0 Å². The van der Waals surface area contributed by atoms with E-state index in [2.05, 4.69) is 16.1 Å². The number of carbonyl (C=O) groups excluding carboxylic acids is 2.